The van der Waals surface area contributed by atoms with Crippen LogP contribution in [0.2, 0.25) is 0 Å². The summed E-state index contributed by atoms with van der Waals surface area (Å²) in [5.41, 5.74) is 0.582. The lowest BCUT2D eigenvalue weighted by molar-refractivity contribution is -0.141. The maximum atomic E-state index is 12.7. The van der Waals surface area contributed by atoms with Crippen molar-refractivity contribution in [3.63, 3.8) is 0 Å². The number of carbonyl (C=O) groups is 3. The summed E-state index contributed by atoms with van der Waals surface area (Å²) in [6, 6.07) is 7.88. The number of rotatable bonds is 7. The molecule has 2 aromatic rings. The van der Waals surface area contributed by atoms with Crippen molar-refractivity contribution in [1.29, 1.82) is 0 Å². The highest BCUT2D eigenvalue weighted by Gasteiger charge is 2.52. The first-order valence-corrected chi connectivity index (χ1v) is 10.3. The zero-order chi connectivity index (χ0) is 20.4. The predicted octanol–water partition coefficient (Wildman–Crippen LogP) is 2.48. The van der Waals surface area contributed by atoms with E-state index in [-0.39, 0.29) is 30.7 Å². The number of methoxy groups -OCH3 is 1. The van der Waals surface area contributed by atoms with Crippen LogP contribution in [0, 0.1) is 5.41 Å². The molecular formula is C22H27N3O4. The number of likely N-dealkylation sites (tertiary alicyclic amines) is 1. The SMILES string of the molecule is COc1cccc2c1ccn2CCNC(=O)CCN1C(=O)CC2(CCCC2)C1=O. The molecule has 3 amide bonds. The molecule has 0 unspecified atom stereocenters. The third kappa shape index (κ3) is 3.61. The monoisotopic (exact) mass is 397 g/mol. The van der Waals surface area contributed by atoms with Crippen molar-refractivity contribution in [2.75, 3.05) is 20.2 Å². The Labute approximate surface area is 170 Å². The number of aromatic nitrogens is 1. The average molecular weight is 397 g/mol. The van der Waals surface area contributed by atoms with Gasteiger partial charge in [0.05, 0.1) is 18.0 Å². The molecule has 1 N–H and O–H groups in total. The highest BCUT2D eigenvalue weighted by molar-refractivity contribution is 6.06. The molecule has 2 aliphatic rings. The quantitative estimate of drug-likeness (QED) is 0.728. The van der Waals surface area contributed by atoms with E-state index in [9.17, 15) is 14.4 Å². The summed E-state index contributed by atoms with van der Waals surface area (Å²) in [6.45, 7) is 1.29. The first-order valence-electron chi connectivity index (χ1n) is 10.3. The van der Waals surface area contributed by atoms with Crippen molar-refractivity contribution in [2.45, 2.75) is 45.1 Å². The van der Waals surface area contributed by atoms with Crippen LogP contribution < -0.4 is 10.1 Å². The Hall–Kier alpha value is -2.83. The molecule has 4 rings (SSSR count). The van der Waals surface area contributed by atoms with Gasteiger partial charge >= 0.3 is 0 Å². The fourth-order valence-electron chi connectivity index (χ4n) is 4.71. The molecule has 1 saturated carbocycles. The molecule has 2 fully saturated rings. The zero-order valence-corrected chi connectivity index (χ0v) is 16.8. The molecule has 7 nitrogen and oxygen atoms in total. The molecule has 29 heavy (non-hydrogen) atoms. The van der Waals surface area contributed by atoms with Crippen LogP contribution >= 0.6 is 0 Å². The highest BCUT2D eigenvalue weighted by Crippen LogP contribution is 2.46. The zero-order valence-electron chi connectivity index (χ0n) is 16.8. The van der Waals surface area contributed by atoms with E-state index < -0.39 is 5.41 Å². The number of carbonyl (C=O) groups excluding carboxylic acids is 3. The maximum Gasteiger partial charge on any atom is 0.235 e. The number of fused-ring (bicyclic) bond motifs is 1. The number of benzene rings is 1. The van der Waals surface area contributed by atoms with Crippen LogP contribution in [0.4, 0.5) is 0 Å². The van der Waals surface area contributed by atoms with Gasteiger partial charge < -0.3 is 14.6 Å². The normalized spacial score (nSPS) is 18.2. The number of amides is 3. The van der Waals surface area contributed by atoms with Crippen LogP contribution in [0.1, 0.15) is 38.5 Å². The molecule has 1 saturated heterocycles. The van der Waals surface area contributed by atoms with Crippen molar-refractivity contribution < 1.29 is 19.1 Å². The first kappa shape index (κ1) is 19.5. The Morgan fingerprint density at radius 3 is 2.72 bits per heavy atom. The fraction of sp³-hybridized carbons (Fsp3) is 0.500. The smallest absolute Gasteiger partial charge is 0.235 e. The average Bonchev–Trinajstić information content (AvgIpc) is 3.40. The lowest BCUT2D eigenvalue weighted by atomic mass is 9.84. The fourth-order valence-corrected chi connectivity index (χ4v) is 4.71. The molecular weight excluding hydrogens is 370 g/mol. The van der Waals surface area contributed by atoms with Gasteiger partial charge in [0.1, 0.15) is 5.75 Å². The van der Waals surface area contributed by atoms with Crippen molar-refractivity contribution >= 4 is 28.6 Å². The standard InChI is InChI=1S/C22H27N3O4/c1-29-18-6-4-5-17-16(18)7-12-24(17)14-11-23-19(26)8-13-25-20(27)15-22(21(25)28)9-2-3-10-22/h4-7,12H,2-3,8-11,13-15H2,1H3,(H,23,26). The molecule has 1 aromatic heterocycles. The van der Waals surface area contributed by atoms with Crippen LogP contribution in [-0.4, -0.2) is 47.4 Å². The number of ether oxygens (including phenoxy) is 1. The number of hydrogen-bond donors (Lipinski definition) is 1. The second kappa shape index (κ2) is 7.89. The van der Waals surface area contributed by atoms with Crippen LogP contribution in [-0.2, 0) is 20.9 Å². The van der Waals surface area contributed by atoms with Crippen LogP contribution in [0.3, 0.4) is 0 Å². The minimum atomic E-state index is -0.468. The summed E-state index contributed by atoms with van der Waals surface area (Å²) in [5.74, 6) is 0.482. The second-order valence-corrected chi connectivity index (χ2v) is 8.02. The minimum absolute atomic E-state index is 0.0689. The molecule has 1 aromatic carbocycles. The van der Waals surface area contributed by atoms with E-state index in [1.165, 1.54) is 4.90 Å². The van der Waals surface area contributed by atoms with Gasteiger partial charge in [0.2, 0.25) is 17.7 Å². The molecule has 7 heteroatoms. The van der Waals surface area contributed by atoms with E-state index in [4.69, 9.17) is 4.74 Å². The molecule has 1 aliphatic carbocycles. The van der Waals surface area contributed by atoms with Gasteiger partial charge in [-0.2, -0.15) is 0 Å². The largest absolute Gasteiger partial charge is 0.496 e. The summed E-state index contributed by atoms with van der Waals surface area (Å²) < 4.78 is 7.44. The van der Waals surface area contributed by atoms with Gasteiger partial charge in [-0.3, -0.25) is 19.3 Å². The Morgan fingerprint density at radius 2 is 1.97 bits per heavy atom. The molecule has 154 valence electrons. The van der Waals surface area contributed by atoms with Crippen molar-refractivity contribution in [3.05, 3.63) is 30.5 Å². The summed E-state index contributed by atoms with van der Waals surface area (Å²) in [7, 11) is 1.65. The van der Waals surface area contributed by atoms with E-state index in [1.54, 1.807) is 7.11 Å². The van der Waals surface area contributed by atoms with E-state index in [0.29, 0.717) is 19.5 Å². The second-order valence-electron chi connectivity index (χ2n) is 8.02. The van der Waals surface area contributed by atoms with Gasteiger partial charge in [-0.15, -0.1) is 0 Å². The Morgan fingerprint density at radius 1 is 1.17 bits per heavy atom. The number of nitrogens with zero attached hydrogens (tertiary/aromatic N) is 2. The van der Waals surface area contributed by atoms with Gasteiger partial charge in [0.25, 0.3) is 0 Å². The number of nitrogens with one attached hydrogen (secondary N) is 1. The van der Waals surface area contributed by atoms with Crippen LogP contribution in [0.25, 0.3) is 10.9 Å². The third-order valence-corrected chi connectivity index (χ3v) is 6.28. The minimum Gasteiger partial charge on any atom is -0.496 e. The van der Waals surface area contributed by atoms with Gasteiger partial charge in [-0.1, -0.05) is 18.9 Å². The van der Waals surface area contributed by atoms with E-state index >= 15 is 0 Å². The summed E-state index contributed by atoms with van der Waals surface area (Å²) in [4.78, 5) is 38.5. The van der Waals surface area contributed by atoms with E-state index in [1.807, 2.05) is 30.5 Å². The highest BCUT2D eigenvalue weighted by atomic mass is 16.5. The van der Waals surface area contributed by atoms with E-state index in [0.717, 1.165) is 42.3 Å². The van der Waals surface area contributed by atoms with E-state index in [2.05, 4.69) is 9.88 Å². The maximum absolute atomic E-state index is 12.7. The number of hydrogen-bond acceptors (Lipinski definition) is 4. The summed E-state index contributed by atoms with van der Waals surface area (Å²) >= 11 is 0. The van der Waals surface area contributed by atoms with Gasteiger partial charge in [-0.25, -0.2) is 0 Å². The van der Waals surface area contributed by atoms with Gasteiger partial charge in [0, 0.05) is 44.1 Å². The van der Waals surface area contributed by atoms with Crippen LogP contribution in [0.15, 0.2) is 30.5 Å². The lowest BCUT2D eigenvalue weighted by Gasteiger charge is -2.20. The van der Waals surface area contributed by atoms with Crippen LogP contribution in [0.5, 0.6) is 5.75 Å². The van der Waals surface area contributed by atoms with Crippen molar-refractivity contribution in [2.24, 2.45) is 5.41 Å². The molecule has 0 atom stereocenters. The molecule has 0 bridgehead atoms. The Balaban J connectivity index is 1.27. The van der Waals surface area contributed by atoms with Gasteiger partial charge in [-0.05, 0) is 31.0 Å². The summed E-state index contributed by atoms with van der Waals surface area (Å²) in [6.07, 6.45) is 6.06. The van der Waals surface area contributed by atoms with Crippen molar-refractivity contribution in [3.8, 4) is 5.75 Å². The Kier molecular flexibility index (Phi) is 5.30. The first-order chi connectivity index (χ1) is 14.0. The van der Waals surface area contributed by atoms with Crippen molar-refractivity contribution in [1.82, 2.24) is 14.8 Å². The van der Waals surface area contributed by atoms with Gasteiger partial charge in [0.15, 0.2) is 0 Å². The summed E-state index contributed by atoms with van der Waals surface area (Å²) in [5, 5.41) is 3.92. The molecule has 1 aliphatic heterocycles. The number of imide groups is 1. The molecule has 2 heterocycles. The topological polar surface area (TPSA) is 80.6 Å². The third-order valence-electron chi connectivity index (χ3n) is 6.28. The lowest BCUT2D eigenvalue weighted by Crippen LogP contribution is -2.37. The molecule has 0 radical (unpaired) electrons. The molecule has 1 spiro atoms. The predicted molar refractivity (Wildman–Crippen MR) is 108 cm³/mol. The Bertz CT molecular complexity index is 943.